The van der Waals surface area contributed by atoms with E-state index in [0.717, 1.165) is 29.7 Å². The van der Waals surface area contributed by atoms with Crippen LogP contribution in [0.2, 0.25) is 0 Å². The smallest absolute Gasteiger partial charge is 0.165 e. The van der Waals surface area contributed by atoms with Crippen molar-refractivity contribution in [1.82, 2.24) is 0 Å². The summed E-state index contributed by atoms with van der Waals surface area (Å²) in [6.45, 7) is 6.67. The number of hydrogen-bond donors (Lipinski definition) is 1. The van der Waals surface area contributed by atoms with Crippen LogP contribution in [0.4, 0.5) is 5.69 Å². The molecular formula is C18H23NO. The van der Waals surface area contributed by atoms with Gasteiger partial charge in [0.05, 0.1) is 0 Å². The van der Waals surface area contributed by atoms with Gasteiger partial charge in [0.2, 0.25) is 0 Å². The average Bonchev–Trinajstić information content (AvgIpc) is 2.74. The Morgan fingerprint density at radius 3 is 2.35 bits per heavy atom. The van der Waals surface area contributed by atoms with E-state index in [1.54, 1.807) is 0 Å². The monoisotopic (exact) mass is 269 g/mol. The molecule has 2 nitrogen and oxygen atoms in total. The summed E-state index contributed by atoms with van der Waals surface area (Å²) < 4.78 is 0. The van der Waals surface area contributed by atoms with E-state index in [-0.39, 0.29) is 10.8 Å². The number of ketones is 1. The number of rotatable bonds is 2. The highest BCUT2D eigenvalue weighted by Crippen LogP contribution is 2.65. The van der Waals surface area contributed by atoms with Gasteiger partial charge in [-0.3, -0.25) is 4.79 Å². The lowest BCUT2D eigenvalue weighted by molar-refractivity contribution is -0.125. The van der Waals surface area contributed by atoms with Crippen LogP contribution in [0.25, 0.3) is 6.08 Å². The summed E-state index contributed by atoms with van der Waals surface area (Å²) in [6, 6.07) is 8.26. The van der Waals surface area contributed by atoms with Crippen molar-refractivity contribution >= 4 is 17.5 Å². The van der Waals surface area contributed by atoms with Gasteiger partial charge in [-0.1, -0.05) is 32.9 Å². The second-order valence-electron chi connectivity index (χ2n) is 6.95. The van der Waals surface area contributed by atoms with Crippen LogP contribution >= 0.6 is 0 Å². The van der Waals surface area contributed by atoms with Gasteiger partial charge in [0, 0.05) is 18.2 Å². The molecule has 20 heavy (non-hydrogen) atoms. The van der Waals surface area contributed by atoms with Gasteiger partial charge in [0.15, 0.2) is 5.78 Å². The zero-order chi connectivity index (χ0) is 14.5. The van der Waals surface area contributed by atoms with Crippen molar-refractivity contribution in [3.63, 3.8) is 0 Å². The third-order valence-electron chi connectivity index (χ3n) is 5.89. The molecule has 3 rings (SSSR count). The number of carbonyl (C=O) groups excluding carboxylic acids is 1. The van der Waals surface area contributed by atoms with Crippen LogP contribution in [-0.4, -0.2) is 12.8 Å². The molecule has 0 amide bonds. The number of hydrogen-bond acceptors (Lipinski definition) is 2. The molecule has 106 valence electrons. The van der Waals surface area contributed by atoms with Gasteiger partial charge in [-0.15, -0.1) is 0 Å². The van der Waals surface area contributed by atoms with Gasteiger partial charge in [0.25, 0.3) is 0 Å². The number of carbonyl (C=O) groups is 1. The first kappa shape index (κ1) is 13.4. The molecule has 2 fully saturated rings. The number of allylic oxidation sites excluding steroid dienone is 1. The Labute approximate surface area is 121 Å². The number of benzene rings is 1. The van der Waals surface area contributed by atoms with Crippen molar-refractivity contribution in [3.05, 3.63) is 35.4 Å². The van der Waals surface area contributed by atoms with Gasteiger partial charge in [-0.2, -0.15) is 0 Å². The molecule has 0 heterocycles. The standard InChI is InChI=1S/C18H23NO/c1-17(2)15-9-10-18(17,3)16(20)14(15)11-12-5-7-13(19-4)8-6-12/h5-8,11,15,19H,9-10H2,1-4H3. The molecule has 0 spiro atoms. The Morgan fingerprint density at radius 2 is 1.85 bits per heavy atom. The molecule has 2 heteroatoms. The zero-order valence-corrected chi connectivity index (χ0v) is 12.8. The maximum Gasteiger partial charge on any atom is 0.165 e. The highest BCUT2D eigenvalue weighted by Gasteiger charge is 2.63. The van der Waals surface area contributed by atoms with E-state index >= 15 is 0 Å². The molecule has 2 aliphatic carbocycles. The minimum Gasteiger partial charge on any atom is -0.388 e. The van der Waals surface area contributed by atoms with Crippen LogP contribution < -0.4 is 5.32 Å². The highest BCUT2D eigenvalue weighted by molar-refractivity contribution is 6.07. The van der Waals surface area contributed by atoms with Crippen LogP contribution in [0.1, 0.15) is 39.2 Å². The Balaban J connectivity index is 1.99. The van der Waals surface area contributed by atoms with Gasteiger partial charge < -0.3 is 5.32 Å². The van der Waals surface area contributed by atoms with Crippen molar-refractivity contribution < 1.29 is 4.79 Å². The number of Topliss-reactive ketones (excluding diaryl/α,β-unsaturated/α-hetero) is 1. The van der Waals surface area contributed by atoms with E-state index in [0.29, 0.717) is 11.7 Å². The van der Waals surface area contributed by atoms with E-state index in [1.807, 2.05) is 7.05 Å². The third kappa shape index (κ3) is 1.60. The highest BCUT2D eigenvalue weighted by atomic mass is 16.1. The summed E-state index contributed by atoms with van der Waals surface area (Å²) in [5, 5.41) is 3.12. The Bertz CT molecular complexity index is 582. The van der Waals surface area contributed by atoms with Gasteiger partial charge >= 0.3 is 0 Å². The van der Waals surface area contributed by atoms with Crippen LogP contribution in [0.5, 0.6) is 0 Å². The molecule has 0 saturated heterocycles. The van der Waals surface area contributed by atoms with Crippen molar-refractivity contribution in [2.45, 2.75) is 33.6 Å². The van der Waals surface area contributed by atoms with Gasteiger partial charge in [0.1, 0.15) is 0 Å². The first-order valence-electron chi connectivity index (χ1n) is 7.44. The fraction of sp³-hybridized carbons (Fsp3) is 0.500. The van der Waals surface area contributed by atoms with Crippen LogP contribution in [0.3, 0.4) is 0 Å². The van der Waals surface area contributed by atoms with E-state index < -0.39 is 0 Å². The topological polar surface area (TPSA) is 29.1 Å². The molecule has 2 atom stereocenters. The zero-order valence-electron chi connectivity index (χ0n) is 12.8. The molecule has 1 aromatic carbocycles. The van der Waals surface area contributed by atoms with E-state index in [9.17, 15) is 4.79 Å². The van der Waals surface area contributed by atoms with Crippen LogP contribution in [0.15, 0.2) is 29.8 Å². The summed E-state index contributed by atoms with van der Waals surface area (Å²) in [5.41, 5.74) is 3.20. The Morgan fingerprint density at radius 1 is 1.20 bits per heavy atom. The fourth-order valence-electron chi connectivity index (χ4n) is 4.02. The predicted octanol–water partition coefficient (Wildman–Crippen LogP) is 4.14. The number of anilines is 1. The van der Waals surface area contributed by atoms with E-state index in [4.69, 9.17) is 0 Å². The predicted molar refractivity (Wildman–Crippen MR) is 83.6 cm³/mol. The molecule has 0 radical (unpaired) electrons. The summed E-state index contributed by atoms with van der Waals surface area (Å²) in [4.78, 5) is 12.8. The Hall–Kier alpha value is -1.57. The minimum absolute atomic E-state index is 0.0980. The van der Waals surface area contributed by atoms with Crippen molar-refractivity contribution in [3.8, 4) is 0 Å². The van der Waals surface area contributed by atoms with Crippen molar-refractivity contribution in [2.75, 3.05) is 12.4 Å². The lowest BCUT2D eigenvalue weighted by Crippen LogP contribution is -2.32. The van der Waals surface area contributed by atoms with Crippen molar-refractivity contribution in [2.24, 2.45) is 16.7 Å². The fourth-order valence-corrected chi connectivity index (χ4v) is 4.02. The molecule has 2 aliphatic rings. The molecule has 2 saturated carbocycles. The second kappa shape index (κ2) is 4.21. The molecular weight excluding hydrogens is 246 g/mol. The summed E-state index contributed by atoms with van der Waals surface area (Å²) in [7, 11) is 1.91. The lowest BCUT2D eigenvalue weighted by Gasteiger charge is -2.31. The average molecular weight is 269 g/mol. The van der Waals surface area contributed by atoms with Crippen LogP contribution in [0, 0.1) is 16.7 Å². The molecule has 1 aromatic rings. The van der Waals surface area contributed by atoms with E-state index in [2.05, 4.69) is 56.4 Å². The SMILES string of the molecule is CNc1ccc(C=C2C(=O)C3(C)CCC2C3(C)C)cc1. The maximum atomic E-state index is 12.8. The lowest BCUT2D eigenvalue weighted by atomic mass is 9.70. The normalized spacial score (nSPS) is 32.9. The molecule has 2 unspecified atom stereocenters. The first-order valence-corrected chi connectivity index (χ1v) is 7.44. The third-order valence-corrected chi connectivity index (χ3v) is 5.89. The summed E-state index contributed by atoms with van der Waals surface area (Å²) >= 11 is 0. The molecule has 0 aromatic heterocycles. The van der Waals surface area contributed by atoms with Gasteiger partial charge in [-0.25, -0.2) is 0 Å². The molecule has 2 bridgehead atoms. The Kier molecular flexibility index (Phi) is 2.82. The molecule has 0 aliphatic heterocycles. The number of nitrogens with one attached hydrogen (secondary N) is 1. The largest absolute Gasteiger partial charge is 0.388 e. The van der Waals surface area contributed by atoms with Crippen molar-refractivity contribution in [1.29, 1.82) is 0 Å². The second-order valence-corrected chi connectivity index (χ2v) is 6.95. The first-order chi connectivity index (χ1) is 9.40. The van der Waals surface area contributed by atoms with E-state index in [1.165, 1.54) is 0 Å². The maximum absolute atomic E-state index is 12.8. The quantitative estimate of drug-likeness (QED) is 0.818. The summed E-state index contributed by atoms with van der Waals surface area (Å²) in [6.07, 6.45) is 4.30. The minimum atomic E-state index is -0.158. The molecule has 1 N–H and O–H groups in total. The summed E-state index contributed by atoms with van der Waals surface area (Å²) in [5.74, 6) is 0.792. The number of fused-ring (bicyclic) bond motifs is 2. The van der Waals surface area contributed by atoms with Crippen LogP contribution in [-0.2, 0) is 4.79 Å². The van der Waals surface area contributed by atoms with Gasteiger partial charge in [-0.05, 0) is 53.5 Å².